The lowest BCUT2D eigenvalue weighted by Gasteiger charge is -2.26. The van der Waals surface area contributed by atoms with E-state index in [9.17, 15) is 19.2 Å². The molecule has 0 atom stereocenters. The maximum absolute atomic E-state index is 13.3. The first-order valence-electron chi connectivity index (χ1n) is 11.2. The summed E-state index contributed by atoms with van der Waals surface area (Å²) < 4.78 is 11.6. The molecular formula is C27H19BrCl2N2O6. The quantitative estimate of drug-likeness (QED) is 0.193. The van der Waals surface area contributed by atoms with Gasteiger partial charge in [0, 0.05) is 10.0 Å². The molecule has 1 aliphatic heterocycles. The number of halogens is 3. The fourth-order valence-electron chi connectivity index (χ4n) is 3.56. The molecule has 38 heavy (non-hydrogen) atoms. The molecule has 3 aromatic carbocycles. The van der Waals surface area contributed by atoms with Crippen molar-refractivity contribution in [1.29, 1.82) is 0 Å². The van der Waals surface area contributed by atoms with Gasteiger partial charge in [-0.15, -0.1) is 0 Å². The molecule has 194 valence electrons. The van der Waals surface area contributed by atoms with Crippen molar-refractivity contribution in [1.82, 2.24) is 5.32 Å². The van der Waals surface area contributed by atoms with Crippen LogP contribution in [0.2, 0.25) is 10.0 Å². The van der Waals surface area contributed by atoms with Gasteiger partial charge in [0.25, 0.3) is 11.8 Å². The van der Waals surface area contributed by atoms with Gasteiger partial charge < -0.3 is 9.47 Å². The molecule has 0 aliphatic carbocycles. The summed E-state index contributed by atoms with van der Waals surface area (Å²) in [6.45, 7) is 2.04. The Kier molecular flexibility index (Phi) is 8.51. The summed E-state index contributed by atoms with van der Waals surface area (Å²) in [4.78, 5) is 51.3. The van der Waals surface area contributed by atoms with E-state index in [1.807, 2.05) is 0 Å². The van der Waals surface area contributed by atoms with Gasteiger partial charge in [0.15, 0.2) is 0 Å². The lowest BCUT2D eigenvalue weighted by Crippen LogP contribution is -2.54. The van der Waals surface area contributed by atoms with Crippen LogP contribution in [0.3, 0.4) is 0 Å². The average Bonchev–Trinajstić information content (AvgIpc) is 2.88. The highest BCUT2D eigenvalue weighted by atomic mass is 79.9. The molecule has 3 aromatic rings. The van der Waals surface area contributed by atoms with Crippen LogP contribution in [0.25, 0.3) is 6.08 Å². The van der Waals surface area contributed by atoms with Crippen molar-refractivity contribution in [2.75, 3.05) is 11.5 Å². The van der Waals surface area contributed by atoms with Crippen molar-refractivity contribution in [3.8, 4) is 5.75 Å². The Hall–Kier alpha value is -3.66. The van der Waals surface area contributed by atoms with E-state index in [0.717, 1.165) is 10.5 Å². The third kappa shape index (κ3) is 6.07. The molecule has 11 heteroatoms. The van der Waals surface area contributed by atoms with Gasteiger partial charge in [-0.3, -0.25) is 14.9 Å². The number of nitrogens with one attached hydrogen (secondary N) is 1. The van der Waals surface area contributed by atoms with Gasteiger partial charge in [0.05, 0.1) is 27.9 Å². The minimum absolute atomic E-state index is 0.145. The summed E-state index contributed by atoms with van der Waals surface area (Å²) in [6.07, 6.45) is 1.35. The molecule has 1 aliphatic rings. The molecular weight excluding hydrogens is 599 g/mol. The Morgan fingerprint density at radius 3 is 2.42 bits per heavy atom. The van der Waals surface area contributed by atoms with Gasteiger partial charge in [-0.05, 0) is 73.2 Å². The number of anilines is 1. The number of rotatable bonds is 7. The van der Waals surface area contributed by atoms with E-state index in [-0.39, 0.29) is 30.0 Å². The topological polar surface area (TPSA) is 102 Å². The molecule has 4 amide bonds. The van der Waals surface area contributed by atoms with E-state index in [2.05, 4.69) is 21.2 Å². The molecule has 0 spiro atoms. The number of imide groups is 2. The average molecular weight is 618 g/mol. The zero-order valence-electron chi connectivity index (χ0n) is 19.8. The third-order valence-corrected chi connectivity index (χ3v) is 6.62. The molecule has 0 bridgehead atoms. The summed E-state index contributed by atoms with van der Waals surface area (Å²) in [5.41, 5.74) is 1.33. The highest BCUT2D eigenvalue weighted by molar-refractivity contribution is 9.10. The lowest BCUT2D eigenvalue weighted by molar-refractivity contribution is -0.122. The zero-order chi connectivity index (χ0) is 27.4. The number of barbiturate groups is 1. The van der Waals surface area contributed by atoms with Gasteiger partial charge in [0.2, 0.25) is 0 Å². The van der Waals surface area contributed by atoms with Crippen LogP contribution in [0.15, 0.2) is 70.7 Å². The van der Waals surface area contributed by atoms with Gasteiger partial charge in [0.1, 0.15) is 17.9 Å². The number of esters is 1. The number of hydrogen-bond donors (Lipinski definition) is 1. The van der Waals surface area contributed by atoms with Crippen molar-refractivity contribution in [3.05, 3.63) is 97.4 Å². The van der Waals surface area contributed by atoms with E-state index >= 15 is 0 Å². The number of carbonyl (C=O) groups excluding carboxylic acids is 4. The lowest BCUT2D eigenvalue weighted by atomic mass is 10.1. The summed E-state index contributed by atoms with van der Waals surface area (Å²) in [6, 6.07) is 15.0. The number of benzene rings is 3. The minimum atomic E-state index is -0.911. The summed E-state index contributed by atoms with van der Waals surface area (Å²) >= 11 is 15.4. The van der Waals surface area contributed by atoms with Crippen molar-refractivity contribution in [2.45, 2.75) is 13.5 Å². The van der Waals surface area contributed by atoms with E-state index < -0.39 is 23.8 Å². The maximum Gasteiger partial charge on any atom is 0.338 e. The number of urea groups is 1. The first-order valence-corrected chi connectivity index (χ1v) is 12.8. The smallest absolute Gasteiger partial charge is 0.338 e. The Morgan fingerprint density at radius 2 is 1.74 bits per heavy atom. The van der Waals surface area contributed by atoms with Crippen LogP contribution in [0.1, 0.15) is 28.4 Å². The molecule has 8 nitrogen and oxygen atoms in total. The van der Waals surface area contributed by atoms with Crippen LogP contribution in [-0.4, -0.2) is 30.4 Å². The fraction of sp³-hybridized carbons (Fsp3) is 0.111. The predicted octanol–water partition coefficient (Wildman–Crippen LogP) is 6.18. The maximum atomic E-state index is 13.3. The molecule has 1 N–H and O–H groups in total. The predicted molar refractivity (Wildman–Crippen MR) is 146 cm³/mol. The number of hydrogen-bond acceptors (Lipinski definition) is 6. The van der Waals surface area contributed by atoms with Gasteiger partial charge in [-0.2, -0.15) is 0 Å². The largest absolute Gasteiger partial charge is 0.488 e. The van der Waals surface area contributed by atoms with Crippen LogP contribution >= 0.6 is 39.1 Å². The summed E-state index contributed by atoms with van der Waals surface area (Å²) in [7, 11) is 0. The number of carbonyl (C=O) groups is 4. The number of nitrogens with zero attached hydrogens (tertiary/aromatic N) is 1. The molecule has 0 radical (unpaired) electrons. The zero-order valence-corrected chi connectivity index (χ0v) is 22.9. The SMILES string of the molecule is CCOC(=O)c1ccc(N2C(=O)NC(=O)/C(=C\c3cc(Br)ccc3OCc3ccc(Cl)c(Cl)c3)C2=O)cc1. The highest BCUT2D eigenvalue weighted by Crippen LogP contribution is 2.30. The van der Waals surface area contributed by atoms with Crippen LogP contribution in [0, 0.1) is 0 Å². The first-order chi connectivity index (χ1) is 18.2. The Balaban J connectivity index is 1.63. The van der Waals surface area contributed by atoms with Gasteiger partial charge in [-0.25, -0.2) is 14.5 Å². The van der Waals surface area contributed by atoms with E-state index in [0.29, 0.717) is 25.8 Å². The van der Waals surface area contributed by atoms with E-state index in [1.165, 1.54) is 30.3 Å². The number of ether oxygens (including phenoxy) is 2. The van der Waals surface area contributed by atoms with E-state index in [4.69, 9.17) is 32.7 Å². The standard InChI is InChI=1S/C27H19BrCl2N2O6/c1-2-37-26(35)16-4-7-19(8-5-16)32-25(34)20(24(33)31-27(32)36)13-17-12-18(28)6-10-23(17)38-14-15-3-9-21(29)22(30)11-15/h3-13H,2,14H2,1H3,(H,31,33,36)/b20-13+. The molecule has 0 aromatic heterocycles. The third-order valence-electron chi connectivity index (χ3n) is 5.39. The number of amides is 4. The van der Waals surface area contributed by atoms with E-state index in [1.54, 1.807) is 43.3 Å². The summed E-state index contributed by atoms with van der Waals surface area (Å²) in [5, 5.41) is 2.98. The van der Waals surface area contributed by atoms with Crippen molar-refractivity contribution < 1.29 is 28.7 Å². The van der Waals surface area contributed by atoms with Gasteiger partial charge >= 0.3 is 12.0 Å². The second-order valence-corrected chi connectivity index (χ2v) is 9.67. The molecule has 4 rings (SSSR count). The van der Waals surface area contributed by atoms with Gasteiger partial charge in [-0.1, -0.05) is 45.2 Å². The van der Waals surface area contributed by atoms with Crippen LogP contribution < -0.4 is 15.0 Å². The molecule has 1 fully saturated rings. The second kappa shape index (κ2) is 11.8. The Labute approximate surface area is 236 Å². The minimum Gasteiger partial charge on any atom is -0.488 e. The monoisotopic (exact) mass is 616 g/mol. The molecule has 1 heterocycles. The van der Waals surface area contributed by atoms with Crippen molar-refractivity contribution >= 4 is 74.7 Å². The summed E-state index contributed by atoms with van der Waals surface area (Å²) in [5.74, 6) is -1.84. The fourth-order valence-corrected chi connectivity index (χ4v) is 4.26. The normalized spacial score (nSPS) is 14.5. The van der Waals surface area contributed by atoms with Crippen molar-refractivity contribution in [2.24, 2.45) is 0 Å². The second-order valence-electron chi connectivity index (χ2n) is 7.94. The highest BCUT2D eigenvalue weighted by Gasteiger charge is 2.37. The van der Waals surface area contributed by atoms with Crippen LogP contribution in [0.5, 0.6) is 5.75 Å². The molecule has 1 saturated heterocycles. The molecule has 0 saturated carbocycles. The Bertz CT molecular complexity index is 1470. The Morgan fingerprint density at radius 1 is 1.00 bits per heavy atom. The molecule has 0 unspecified atom stereocenters. The first kappa shape index (κ1) is 27.4. The van der Waals surface area contributed by atoms with Crippen molar-refractivity contribution in [3.63, 3.8) is 0 Å². The van der Waals surface area contributed by atoms with Crippen LogP contribution in [0.4, 0.5) is 10.5 Å². The van der Waals surface area contributed by atoms with Crippen LogP contribution in [-0.2, 0) is 20.9 Å².